The summed E-state index contributed by atoms with van der Waals surface area (Å²) >= 11 is 1.12. The summed E-state index contributed by atoms with van der Waals surface area (Å²) in [5, 5.41) is 14.7. The first-order valence-corrected chi connectivity index (χ1v) is 9.56. The van der Waals surface area contributed by atoms with Crippen LogP contribution in [-0.4, -0.2) is 26.1 Å². The quantitative estimate of drug-likeness (QED) is 0.295. The number of amides is 1. The van der Waals surface area contributed by atoms with E-state index >= 15 is 0 Å². The number of para-hydroxylation sites is 1. The van der Waals surface area contributed by atoms with Crippen LogP contribution in [0.5, 0.6) is 0 Å². The monoisotopic (exact) mass is 398 g/mol. The second kappa shape index (κ2) is 8.22. The van der Waals surface area contributed by atoms with Crippen LogP contribution in [0.1, 0.15) is 12.5 Å². The smallest absolute Gasteiger partial charge is 0.293 e. The van der Waals surface area contributed by atoms with E-state index in [4.69, 9.17) is 0 Å². The van der Waals surface area contributed by atoms with Crippen LogP contribution in [0.2, 0.25) is 0 Å². The molecule has 0 saturated carbocycles. The molecule has 0 spiro atoms. The third-order valence-electron chi connectivity index (χ3n) is 4.10. The van der Waals surface area contributed by atoms with Gasteiger partial charge in [0, 0.05) is 12.6 Å². The van der Waals surface area contributed by atoms with E-state index in [9.17, 15) is 19.7 Å². The summed E-state index contributed by atoms with van der Waals surface area (Å²) in [6.45, 7) is 3.99. The largest absolute Gasteiger partial charge is 0.320 e. The van der Waals surface area contributed by atoms with E-state index in [2.05, 4.69) is 10.3 Å². The number of anilines is 1. The first-order chi connectivity index (χ1) is 13.4. The average molecular weight is 398 g/mol. The molecule has 1 N–H and O–H groups in total. The Morgan fingerprint density at radius 2 is 2.04 bits per heavy atom. The first kappa shape index (κ1) is 19.6. The summed E-state index contributed by atoms with van der Waals surface area (Å²) < 4.78 is 1.51. The standard InChI is InChI=1S/C19H18N4O4S/c1-3-22-18(25)13-6-4-5-7-14(13)21-19(22)28-11-17(24)20-15-9-8-12(2)10-16(15)23(26)27/h4-10H,3,11H2,1-2H3,(H,20,24). The van der Waals surface area contributed by atoms with E-state index in [-0.39, 0.29) is 22.7 Å². The minimum Gasteiger partial charge on any atom is -0.320 e. The Morgan fingerprint density at radius 1 is 1.29 bits per heavy atom. The molecule has 3 aromatic rings. The number of nitro benzene ring substituents is 1. The molecule has 0 fully saturated rings. The van der Waals surface area contributed by atoms with Crippen molar-refractivity contribution in [1.82, 2.24) is 9.55 Å². The average Bonchev–Trinajstić information content (AvgIpc) is 2.67. The van der Waals surface area contributed by atoms with Crippen LogP contribution in [0.25, 0.3) is 10.9 Å². The molecule has 0 unspecified atom stereocenters. The molecule has 1 amide bonds. The van der Waals surface area contributed by atoms with Gasteiger partial charge in [-0.3, -0.25) is 24.3 Å². The number of carbonyl (C=O) groups excluding carboxylic acids is 1. The number of nitrogens with one attached hydrogen (secondary N) is 1. The number of nitrogens with zero attached hydrogens (tertiary/aromatic N) is 3. The normalized spacial score (nSPS) is 10.8. The zero-order valence-corrected chi connectivity index (χ0v) is 16.2. The Kier molecular flexibility index (Phi) is 5.74. The molecule has 1 aromatic heterocycles. The molecule has 8 nitrogen and oxygen atoms in total. The lowest BCUT2D eigenvalue weighted by molar-refractivity contribution is -0.384. The lowest BCUT2D eigenvalue weighted by atomic mass is 10.2. The molecule has 0 bridgehead atoms. The SMILES string of the molecule is CCn1c(SCC(=O)Nc2ccc(C)cc2[N+](=O)[O-])nc2ccccc2c1=O. The summed E-state index contributed by atoms with van der Waals surface area (Å²) in [4.78, 5) is 40.1. The number of fused-ring (bicyclic) bond motifs is 1. The number of thioether (sulfide) groups is 1. The molecular weight excluding hydrogens is 380 g/mol. The van der Waals surface area contributed by atoms with Gasteiger partial charge in [-0.2, -0.15) is 0 Å². The molecule has 1 heterocycles. The number of carbonyl (C=O) groups is 1. The summed E-state index contributed by atoms with van der Waals surface area (Å²) in [6.07, 6.45) is 0. The summed E-state index contributed by atoms with van der Waals surface area (Å²) in [6, 6.07) is 11.6. The predicted octanol–water partition coefficient (Wildman–Crippen LogP) is 3.36. The van der Waals surface area contributed by atoms with E-state index in [0.717, 1.165) is 17.3 Å². The molecule has 2 aromatic carbocycles. The van der Waals surface area contributed by atoms with Gasteiger partial charge in [0.1, 0.15) is 5.69 Å². The molecular formula is C19H18N4O4S. The van der Waals surface area contributed by atoms with Crippen molar-refractivity contribution in [2.24, 2.45) is 0 Å². The minimum absolute atomic E-state index is 0.0319. The molecule has 144 valence electrons. The van der Waals surface area contributed by atoms with Crippen LogP contribution in [0, 0.1) is 17.0 Å². The van der Waals surface area contributed by atoms with Crippen LogP contribution in [0.15, 0.2) is 52.4 Å². The summed E-state index contributed by atoms with van der Waals surface area (Å²) in [7, 11) is 0. The fourth-order valence-electron chi connectivity index (χ4n) is 2.75. The van der Waals surface area contributed by atoms with E-state index in [1.807, 2.05) is 6.92 Å². The van der Waals surface area contributed by atoms with Crippen molar-refractivity contribution in [2.75, 3.05) is 11.1 Å². The van der Waals surface area contributed by atoms with Gasteiger partial charge in [-0.25, -0.2) is 4.98 Å². The number of aryl methyl sites for hydroxylation is 1. The fourth-order valence-corrected chi connectivity index (χ4v) is 3.61. The number of aromatic nitrogens is 2. The molecule has 0 aliphatic carbocycles. The molecule has 0 aliphatic rings. The molecule has 3 rings (SSSR count). The van der Waals surface area contributed by atoms with Gasteiger partial charge in [-0.1, -0.05) is 30.0 Å². The molecule has 28 heavy (non-hydrogen) atoms. The molecule has 0 saturated heterocycles. The van der Waals surface area contributed by atoms with Crippen LogP contribution in [-0.2, 0) is 11.3 Å². The zero-order chi connectivity index (χ0) is 20.3. The second-order valence-electron chi connectivity index (χ2n) is 6.08. The number of hydrogen-bond donors (Lipinski definition) is 1. The van der Waals surface area contributed by atoms with Crippen LogP contribution in [0.3, 0.4) is 0 Å². The maximum Gasteiger partial charge on any atom is 0.293 e. The van der Waals surface area contributed by atoms with E-state index in [0.29, 0.717) is 22.6 Å². The lowest BCUT2D eigenvalue weighted by Gasteiger charge is -2.11. The Labute approximate surface area is 164 Å². The van der Waals surface area contributed by atoms with Crippen molar-refractivity contribution in [1.29, 1.82) is 0 Å². The number of nitro groups is 1. The highest BCUT2D eigenvalue weighted by molar-refractivity contribution is 7.99. The number of rotatable bonds is 6. The fraction of sp³-hybridized carbons (Fsp3) is 0.211. The Bertz CT molecular complexity index is 1130. The van der Waals surface area contributed by atoms with Gasteiger partial charge in [0.2, 0.25) is 5.91 Å². The van der Waals surface area contributed by atoms with Crippen molar-refractivity contribution < 1.29 is 9.72 Å². The Balaban J connectivity index is 1.80. The van der Waals surface area contributed by atoms with Gasteiger partial charge < -0.3 is 5.32 Å². The van der Waals surface area contributed by atoms with Gasteiger partial charge in [0.25, 0.3) is 11.2 Å². The summed E-state index contributed by atoms with van der Waals surface area (Å²) in [5.41, 5.74) is 1.11. The topological polar surface area (TPSA) is 107 Å². The molecule has 0 atom stereocenters. The predicted molar refractivity (Wildman–Crippen MR) is 109 cm³/mol. The van der Waals surface area contributed by atoms with Gasteiger partial charge in [-0.05, 0) is 37.6 Å². The minimum atomic E-state index is -0.532. The third-order valence-corrected chi connectivity index (χ3v) is 5.08. The highest BCUT2D eigenvalue weighted by Crippen LogP contribution is 2.26. The first-order valence-electron chi connectivity index (χ1n) is 8.58. The zero-order valence-electron chi connectivity index (χ0n) is 15.3. The number of hydrogen-bond acceptors (Lipinski definition) is 6. The van der Waals surface area contributed by atoms with Gasteiger partial charge >= 0.3 is 0 Å². The van der Waals surface area contributed by atoms with Crippen LogP contribution < -0.4 is 10.9 Å². The van der Waals surface area contributed by atoms with Crippen LogP contribution in [0.4, 0.5) is 11.4 Å². The second-order valence-corrected chi connectivity index (χ2v) is 7.02. The Morgan fingerprint density at radius 3 is 2.75 bits per heavy atom. The number of benzene rings is 2. The van der Waals surface area contributed by atoms with Gasteiger partial charge in [0.05, 0.1) is 21.6 Å². The highest BCUT2D eigenvalue weighted by Gasteiger charge is 2.17. The van der Waals surface area contributed by atoms with E-state index in [1.54, 1.807) is 37.3 Å². The van der Waals surface area contributed by atoms with E-state index in [1.165, 1.54) is 16.7 Å². The van der Waals surface area contributed by atoms with Gasteiger partial charge in [0.15, 0.2) is 5.16 Å². The summed E-state index contributed by atoms with van der Waals surface area (Å²) in [5.74, 6) is -0.447. The van der Waals surface area contributed by atoms with Crippen molar-refractivity contribution in [3.8, 4) is 0 Å². The van der Waals surface area contributed by atoms with Crippen molar-refractivity contribution >= 4 is 39.9 Å². The van der Waals surface area contributed by atoms with Crippen LogP contribution >= 0.6 is 11.8 Å². The highest BCUT2D eigenvalue weighted by atomic mass is 32.2. The maximum atomic E-state index is 12.6. The maximum absolute atomic E-state index is 12.6. The lowest BCUT2D eigenvalue weighted by Crippen LogP contribution is -2.23. The third kappa shape index (κ3) is 4.04. The van der Waals surface area contributed by atoms with Crippen molar-refractivity contribution in [3.63, 3.8) is 0 Å². The van der Waals surface area contributed by atoms with Crippen molar-refractivity contribution in [2.45, 2.75) is 25.5 Å². The molecule has 0 aliphatic heterocycles. The molecule has 0 radical (unpaired) electrons. The Hall–Kier alpha value is -3.20. The van der Waals surface area contributed by atoms with Crippen molar-refractivity contribution in [3.05, 3.63) is 68.5 Å². The molecule has 9 heteroatoms. The van der Waals surface area contributed by atoms with Gasteiger partial charge in [-0.15, -0.1) is 0 Å². The van der Waals surface area contributed by atoms with E-state index < -0.39 is 10.8 Å².